The minimum absolute atomic E-state index is 0. The van der Waals surface area contributed by atoms with Gasteiger partial charge in [-0.05, 0) is 171 Å². The van der Waals surface area contributed by atoms with E-state index in [1.54, 1.807) is 62.6 Å². The number of halogens is 13. The second-order valence-corrected chi connectivity index (χ2v) is 22.0. The van der Waals surface area contributed by atoms with Crippen molar-refractivity contribution in [1.82, 2.24) is 9.97 Å². The number of hydrogen-bond acceptors (Lipinski definition) is 2. The first-order valence-electron chi connectivity index (χ1n) is 29.0. The Morgan fingerprint density at radius 2 is 0.763 bits per heavy atom. The summed E-state index contributed by atoms with van der Waals surface area (Å²) in [5, 5.41) is 0.848. The van der Waals surface area contributed by atoms with E-state index >= 15 is 0 Å². The molecular weight excluding hydrogens is 1230 g/mol. The van der Waals surface area contributed by atoms with Gasteiger partial charge in [-0.3, -0.25) is 9.97 Å². The first kappa shape index (κ1) is 84.5. The Bertz CT molecular complexity index is 3430. The first-order valence-corrected chi connectivity index (χ1v) is 29.4. The molecule has 0 unspecified atom stereocenters. The third kappa shape index (κ3) is 42.3. The molecule has 10 rings (SSSR count). The smallest absolute Gasteiger partial charge is 0.264 e. The van der Waals surface area contributed by atoms with Gasteiger partial charge in [0.2, 0.25) is 0 Å². The van der Waals surface area contributed by atoms with Crippen LogP contribution in [0.4, 0.5) is 52.7 Å². The van der Waals surface area contributed by atoms with Crippen LogP contribution in [0, 0.1) is 113 Å². The molecule has 0 aliphatic rings. The molecule has 500 valence electrons. The predicted octanol–water partition coefficient (Wildman–Crippen LogP) is 24.8. The van der Waals surface area contributed by atoms with Gasteiger partial charge in [-0.2, -0.15) is 26.3 Å². The van der Waals surface area contributed by atoms with E-state index in [0.717, 1.165) is 63.7 Å². The molecule has 0 spiro atoms. The summed E-state index contributed by atoms with van der Waals surface area (Å²) in [6.07, 6.45) is -4.79. The van der Waals surface area contributed by atoms with Gasteiger partial charge in [0, 0.05) is 41.8 Å². The van der Waals surface area contributed by atoms with Gasteiger partial charge in [0.05, 0.1) is 12.8 Å². The summed E-state index contributed by atoms with van der Waals surface area (Å²) in [6.45, 7) is 25.6. The summed E-state index contributed by atoms with van der Waals surface area (Å²) in [4.78, 5) is 7.86. The molecule has 2 heterocycles. The van der Waals surface area contributed by atoms with Crippen LogP contribution in [0.3, 0.4) is 0 Å². The topological polar surface area (TPSA) is 25.8 Å². The second kappa shape index (κ2) is 44.1. The van der Waals surface area contributed by atoms with Crippen molar-refractivity contribution in [2.45, 2.75) is 135 Å². The van der Waals surface area contributed by atoms with E-state index in [1.807, 2.05) is 108 Å². The van der Waals surface area contributed by atoms with Gasteiger partial charge >= 0.3 is 12.4 Å². The van der Waals surface area contributed by atoms with E-state index < -0.39 is 48.6 Å². The van der Waals surface area contributed by atoms with Gasteiger partial charge in [-0.25, -0.2) is 26.3 Å². The Balaban J connectivity index is 0.00000102. The van der Waals surface area contributed by atoms with Crippen molar-refractivity contribution in [3.8, 4) is 0 Å². The van der Waals surface area contributed by atoms with Gasteiger partial charge in [-0.1, -0.05) is 222 Å². The molecule has 93 heavy (non-hydrogen) atoms. The van der Waals surface area contributed by atoms with E-state index in [0.29, 0.717) is 11.1 Å². The summed E-state index contributed by atoms with van der Waals surface area (Å²) in [6, 6.07) is 59.9. The number of pyridine rings is 2. The van der Waals surface area contributed by atoms with Crippen molar-refractivity contribution < 1.29 is 52.7 Å². The third-order valence-electron chi connectivity index (χ3n) is 12.2. The molecule has 2 nitrogen and oxygen atoms in total. The Kier molecular flexibility index (Phi) is 40.1. The molecule has 0 aliphatic carbocycles. The Morgan fingerprint density at radius 3 is 1.11 bits per heavy atom. The van der Waals surface area contributed by atoms with Crippen molar-refractivity contribution in [1.29, 1.82) is 0 Å². The van der Waals surface area contributed by atoms with Crippen molar-refractivity contribution in [2.75, 3.05) is 0 Å². The standard InChI is InChI=1S/C9H8F4.C9H9F3.C9H10F2.C8H9Cl.C8H9F.C8H10.C7H6F2.C7H8.2C6H7N.CH4/c1-6-4-7(2-3-8(6)10)5-9(11,12)13;1-7-3-2-4-8(5-7)6-9(10,11)12;1-7-3-5-8(6-4-7)9(2,10)11;2*1-6-3-4-8(9)7(2)5-6;1-7-3-5-8(2)6-4-7;1-5-3-2-4-6(8)7(5)9;1-7-5-3-2-4-6-7;1-6-3-2-4-7-5-6;1-6-4-2-3-5-7-6;/h2-4H,5H2,1H3;2-5H,6H2,1H3;3-6H,1-2H3;2*3-5H,1-2H3;3-6H,1-2H3;2-4H,1H3;2-6H,1H3;2*2-5H,1H3;1H4. The van der Waals surface area contributed by atoms with Crippen LogP contribution in [-0.4, -0.2) is 22.3 Å². The third-order valence-corrected chi connectivity index (χ3v) is 12.6. The van der Waals surface area contributed by atoms with E-state index in [4.69, 9.17) is 11.6 Å². The van der Waals surface area contributed by atoms with Gasteiger partial charge in [0.25, 0.3) is 5.92 Å². The number of aryl methyl sites for hydroxylation is 13. The van der Waals surface area contributed by atoms with Crippen LogP contribution in [0.2, 0.25) is 5.02 Å². The van der Waals surface area contributed by atoms with Gasteiger partial charge < -0.3 is 0 Å². The number of hydrogen-bond donors (Lipinski definition) is 0. The zero-order valence-corrected chi connectivity index (χ0v) is 55.3. The molecule has 0 bridgehead atoms. The maximum atomic E-state index is 12.7. The van der Waals surface area contributed by atoms with E-state index in [1.165, 1.54) is 84.1 Å². The minimum Gasteiger partial charge on any atom is -0.264 e. The average molecular weight is 1320 g/mol. The fraction of sp³-hybridized carbons (Fsp3) is 0.256. The Hall–Kier alpha value is -8.49. The van der Waals surface area contributed by atoms with Crippen LogP contribution in [0.5, 0.6) is 0 Å². The van der Waals surface area contributed by atoms with Crippen LogP contribution in [0.25, 0.3) is 0 Å². The molecule has 15 heteroatoms. The maximum Gasteiger partial charge on any atom is 0.393 e. The number of alkyl halides is 8. The summed E-state index contributed by atoms with van der Waals surface area (Å²) in [5.41, 5.74) is 13.4. The van der Waals surface area contributed by atoms with Crippen LogP contribution in [-0.2, 0) is 18.8 Å². The van der Waals surface area contributed by atoms with E-state index in [2.05, 4.69) is 80.1 Å². The highest BCUT2D eigenvalue weighted by molar-refractivity contribution is 6.31. The number of benzene rings is 8. The maximum absolute atomic E-state index is 12.7. The van der Waals surface area contributed by atoms with Gasteiger partial charge in [0.1, 0.15) is 11.6 Å². The molecule has 0 fully saturated rings. The molecule has 2 aromatic heterocycles. The lowest BCUT2D eigenvalue weighted by atomic mass is 10.1. The highest BCUT2D eigenvalue weighted by atomic mass is 35.5. The highest BCUT2D eigenvalue weighted by Gasteiger charge is 2.28. The van der Waals surface area contributed by atoms with Crippen molar-refractivity contribution in [3.63, 3.8) is 0 Å². The lowest BCUT2D eigenvalue weighted by Gasteiger charge is -2.09. The fourth-order valence-corrected chi connectivity index (χ4v) is 7.33. The molecule has 0 saturated carbocycles. The number of rotatable bonds is 3. The normalized spacial score (nSPS) is 10.1. The molecule has 10 aromatic rings. The van der Waals surface area contributed by atoms with Gasteiger partial charge in [-0.15, -0.1) is 0 Å². The zero-order chi connectivity index (χ0) is 69.6. The van der Waals surface area contributed by atoms with Crippen molar-refractivity contribution >= 4 is 11.6 Å². The van der Waals surface area contributed by atoms with Crippen LogP contribution < -0.4 is 0 Å². The molecule has 0 radical (unpaired) electrons. The zero-order valence-electron chi connectivity index (χ0n) is 54.6. The van der Waals surface area contributed by atoms with Crippen molar-refractivity contribution in [3.05, 3.63) is 342 Å². The average Bonchev–Trinajstić information content (AvgIpc) is 2.01. The number of aromatic nitrogens is 2. The van der Waals surface area contributed by atoms with E-state index in [-0.39, 0.29) is 29.9 Å². The summed E-state index contributed by atoms with van der Waals surface area (Å²) < 4.78 is 146. The lowest BCUT2D eigenvalue weighted by Crippen LogP contribution is -2.11. The highest BCUT2D eigenvalue weighted by Crippen LogP contribution is 2.27. The summed E-state index contributed by atoms with van der Waals surface area (Å²) in [7, 11) is 0. The largest absolute Gasteiger partial charge is 0.393 e. The molecule has 0 amide bonds. The minimum atomic E-state index is -4.23. The quantitative estimate of drug-likeness (QED) is 0.165. The van der Waals surface area contributed by atoms with Crippen LogP contribution in [0.1, 0.15) is 103 Å². The lowest BCUT2D eigenvalue weighted by molar-refractivity contribution is -0.128. The monoisotopic (exact) mass is 1310 g/mol. The fourth-order valence-electron chi connectivity index (χ4n) is 7.22. The van der Waals surface area contributed by atoms with E-state index in [9.17, 15) is 52.7 Å². The molecule has 0 saturated heterocycles. The molecule has 0 aliphatic heterocycles. The molecule has 0 N–H and O–H groups in total. The SMILES string of the molecule is C.Cc1cc(CC(F)(F)F)ccc1F.Cc1ccc(C(C)(F)F)cc1.Cc1ccc(C)cc1.Cc1ccc(Cl)c(C)c1.Cc1ccc(F)c(C)c1.Cc1cccc(CC(F)(F)F)c1.Cc1cccc(F)c1F.Cc1ccccc1.Cc1ccccn1.Cc1cccnc1. The van der Waals surface area contributed by atoms with Crippen LogP contribution in [0.15, 0.2) is 225 Å². The molecular formula is C78H87ClF12N2. The molecule has 8 aromatic carbocycles. The second-order valence-electron chi connectivity index (χ2n) is 21.6. The first-order chi connectivity index (χ1) is 42.9. The van der Waals surface area contributed by atoms with Crippen molar-refractivity contribution in [2.24, 2.45) is 0 Å². The summed E-state index contributed by atoms with van der Waals surface area (Å²) in [5.74, 6) is -4.85. The van der Waals surface area contributed by atoms with Gasteiger partial charge in [0.15, 0.2) is 11.6 Å². The number of nitrogens with zero attached hydrogens (tertiary/aromatic N) is 2. The predicted molar refractivity (Wildman–Crippen MR) is 362 cm³/mol. The Labute approximate surface area is 549 Å². The van der Waals surface area contributed by atoms with Crippen LogP contribution >= 0.6 is 11.6 Å². The summed E-state index contributed by atoms with van der Waals surface area (Å²) >= 11 is 5.78. The molecule has 0 atom stereocenters. The Morgan fingerprint density at radius 1 is 0.344 bits per heavy atom.